The molecule has 1 atom stereocenters. The maximum atomic E-state index is 13.0. The zero-order valence-electron chi connectivity index (χ0n) is 25.4. The lowest BCUT2D eigenvalue weighted by atomic mass is 10.0. The fraction of sp³-hybridized carbons (Fsp3) is 0.611. The van der Waals surface area contributed by atoms with Crippen LogP contribution in [-0.4, -0.2) is 22.0 Å². The maximum absolute atomic E-state index is 13.0. The van der Waals surface area contributed by atoms with Crippen molar-refractivity contribution < 1.29 is 4.79 Å². The Kier molecular flexibility index (Phi) is 12.6. The minimum atomic E-state index is 0.139. The average molecular weight is 544 g/mol. The van der Waals surface area contributed by atoms with Crippen LogP contribution >= 0.6 is 0 Å². The minimum absolute atomic E-state index is 0.139. The van der Waals surface area contributed by atoms with Gasteiger partial charge in [-0.05, 0) is 37.1 Å². The summed E-state index contributed by atoms with van der Waals surface area (Å²) in [5.41, 5.74) is 4.45. The summed E-state index contributed by atoms with van der Waals surface area (Å²) in [6, 6.07) is 16.7. The van der Waals surface area contributed by atoms with Crippen LogP contribution < -0.4 is 4.90 Å². The SMILES string of the molecule is CCCCCCCCCCCCCCCCCCn1c([C@H]2CC(=O)N(c3ccccc3C)C2)nc2ccccc21. The van der Waals surface area contributed by atoms with Crippen molar-refractivity contribution in [3.05, 3.63) is 59.9 Å². The monoisotopic (exact) mass is 543 g/mol. The molecule has 4 rings (SSSR count). The van der Waals surface area contributed by atoms with E-state index in [2.05, 4.69) is 54.8 Å². The molecule has 0 saturated carbocycles. The molecule has 0 spiro atoms. The molecule has 1 saturated heterocycles. The molecule has 218 valence electrons. The number of benzene rings is 2. The van der Waals surface area contributed by atoms with E-state index in [0.29, 0.717) is 13.0 Å². The van der Waals surface area contributed by atoms with Crippen LogP contribution in [0.3, 0.4) is 0 Å². The Bertz CT molecular complexity index is 1170. The first-order chi connectivity index (χ1) is 19.7. The van der Waals surface area contributed by atoms with Crippen molar-refractivity contribution in [3.63, 3.8) is 0 Å². The first kappa shape index (κ1) is 30.3. The van der Waals surface area contributed by atoms with E-state index in [9.17, 15) is 4.79 Å². The quantitative estimate of drug-likeness (QED) is 0.141. The van der Waals surface area contributed by atoms with Gasteiger partial charge in [0, 0.05) is 31.1 Å². The van der Waals surface area contributed by atoms with Crippen molar-refractivity contribution >= 4 is 22.6 Å². The van der Waals surface area contributed by atoms with Gasteiger partial charge in [-0.1, -0.05) is 134 Å². The van der Waals surface area contributed by atoms with Gasteiger partial charge in [-0.3, -0.25) is 4.79 Å². The Morgan fingerprint density at radius 1 is 0.725 bits per heavy atom. The van der Waals surface area contributed by atoms with Gasteiger partial charge in [0.2, 0.25) is 5.91 Å². The van der Waals surface area contributed by atoms with Gasteiger partial charge in [0.1, 0.15) is 5.82 Å². The van der Waals surface area contributed by atoms with Crippen molar-refractivity contribution in [2.45, 2.75) is 135 Å². The van der Waals surface area contributed by atoms with E-state index < -0.39 is 0 Å². The highest BCUT2D eigenvalue weighted by molar-refractivity contribution is 5.97. The number of imidazole rings is 1. The Morgan fingerprint density at radius 2 is 1.27 bits per heavy atom. The van der Waals surface area contributed by atoms with Gasteiger partial charge < -0.3 is 9.47 Å². The molecule has 0 unspecified atom stereocenters. The summed E-state index contributed by atoms with van der Waals surface area (Å²) in [5.74, 6) is 1.44. The van der Waals surface area contributed by atoms with Crippen molar-refractivity contribution in [3.8, 4) is 0 Å². The molecule has 1 fully saturated rings. The van der Waals surface area contributed by atoms with Crippen molar-refractivity contribution in [2.24, 2.45) is 0 Å². The Hall–Kier alpha value is -2.62. The number of anilines is 1. The van der Waals surface area contributed by atoms with Gasteiger partial charge in [0.15, 0.2) is 0 Å². The van der Waals surface area contributed by atoms with Gasteiger partial charge in [-0.2, -0.15) is 0 Å². The predicted octanol–water partition coefficient (Wildman–Crippen LogP) is 10.1. The van der Waals surface area contributed by atoms with Crippen molar-refractivity contribution in [1.82, 2.24) is 9.55 Å². The van der Waals surface area contributed by atoms with Gasteiger partial charge in [0.05, 0.1) is 11.0 Å². The smallest absolute Gasteiger partial charge is 0.227 e. The van der Waals surface area contributed by atoms with Crippen LogP contribution in [0.1, 0.15) is 133 Å². The number of amides is 1. The molecular weight excluding hydrogens is 490 g/mol. The Morgan fingerprint density at radius 3 is 1.90 bits per heavy atom. The van der Waals surface area contributed by atoms with E-state index in [1.165, 1.54) is 108 Å². The zero-order chi connectivity index (χ0) is 28.0. The lowest BCUT2D eigenvalue weighted by Gasteiger charge is -2.19. The number of unbranched alkanes of at least 4 members (excludes halogenated alkanes) is 15. The van der Waals surface area contributed by atoms with E-state index in [0.717, 1.165) is 29.1 Å². The third kappa shape index (κ3) is 8.69. The van der Waals surface area contributed by atoms with E-state index in [-0.39, 0.29) is 11.8 Å². The van der Waals surface area contributed by atoms with Gasteiger partial charge in [-0.15, -0.1) is 0 Å². The number of nitrogens with zero attached hydrogens (tertiary/aromatic N) is 3. The molecule has 0 bridgehead atoms. The summed E-state index contributed by atoms with van der Waals surface area (Å²) >= 11 is 0. The number of para-hydroxylation sites is 3. The van der Waals surface area contributed by atoms with Crippen LogP contribution in [0, 0.1) is 6.92 Å². The zero-order valence-corrected chi connectivity index (χ0v) is 25.4. The van der Waals surface area contributed by atoms with Crippen LogP contribution in [-0.2, 0) is 11.3 Å². The fourth-order valence-corrected chi connectivity index (χ4v) is 6.44. The highest BCUT2D eigenvalue weighted by Gasteiger charge is 2.35. The molecule has 40 heavy (non-hydrogen) atoms. The molecule has 1 amide bonds. The summed E-state index contributed by atoms with van der Waals surface area (Å²) in [7, 11) is 0. The summed E-state index contributed by atoms with van der Waals surface area (Å²) < 4.78 is 2.42. The number of carbonyl (C=O) groups excluding carboxylic acids is 1. The van der Waals surface area contributed by atoms with E-state index in [1.54, 1.807) is 0 Å². The number of aromatic nitrogens is 2. The Balaban J connectivity index is 1.17. The van der Waals surface area contributed by atoms with Crippen LogP contribution in [0.15, 0.2) is 48.5 Å². The lowest BCUT2D eigenvalue weighted by molar-refractivity contribution is -0.117. The minimum Gasteiger partial charge on any atom is -0.328 e. The normalized spacial score (nSPS) is 15.5. The van der Waals surface area contributed by atoms with E-state index in [1.807, 2.05) is 17.0 Å². The number of carbonyl (C=O) groups is 1. The highest BCUT2D eigenvalue weighted by Crippen LogP contribution is 2.34. The first-order valence-electron chi connectivity index (χ1n) is 16.5. The number of fused-ring (bicyclic) bond motifs is 1. The highest BCUT2D eigenvalue weighted by atomic mass is 16.2. The standard InChI is InChI=1S/C36H53N3O/c1-3-4-5-6-7-8-9-10-11-12-13-14-15-16-17-22-27-38-34-26-21-19-24-32(34)37-36(38)31-28-35(40)39(29-31)33-25-20-18-23-30(33)2/h18-21,23-26,31H,3-17,22,27-29H2,1-2H3/t31-/m0/s1. The molecular formula is C36H53N3O. The molecule has 1 aliphatic heterocycles. The number of aryl methyl sites for hydroxylation is 2. The number of hydrogen-bond acceptors (Lipinski definition) is 2. The van der Waals surface area contributed by atoms with Crippen LogP contribution in [0.25, 0.3) is 11.0 Å². The maximum Gasteiger partial charge on any atom is 0.227 e. The topological polar surface area (TPSA) is 38.1 Å². The molecule has 4 heteroatoms. The molecule has 1 aromatic heterocycles. The second-order valence-corrected chi connectivity index (χ2v) is 12.1. The molecule has 2 aromatic carbocycles. The first-order valence-corrected chi connectivity index (χ1v) is 16.5. The van der Waals surface area contributed by atoms with E-state index in [4.69, 9.17) is 4.98 Å². The molecule has 0 N–H and O–H groups in total. The molecule has 1 aliphatic rings. The lowest BCUT2D eigenvalue weighted by Crippen LogP contribution is -2.25. The summed E-state index contributed by atoms with van der Waals surface area (Å²) in [6.07, 6.45) is 22.7. The van der Waals surface area contributed by atoms with Crippen molar-refractivity contribution in [1.29, 1.82) is 0 Å². The average Bonchev–Trinajstić information content (AvgIpc) is 3.53. The third-order valence-electron chi connectivity index (χ3n) is 8.82. The fourth-order valence-electron chi connectivity index (χ4n) is 6.44. The molecule has 0 radical (unpaired) electrons. The largest absolute Gasteiger partial charge is 0.328 e. The second-order valence-electron chi connectivity index (χ2n) is 12.1. The van der Waals surface area contributed by atoms with Gasteiger partial charge in [0.25, 0.3) is 0 Å². The third-order valence-corrected chi connectivity index (χ3v) is 8.82. The second kappa shape index (κ2) is 16.6. The van der Waals surface area contributed by atoms with Crippen LogP contribution in [0.2, 0.25) is 0 Å². The van der Waals surface area contributed by atoms with E-state index >= 15 is 0 Å². The number of rotatable bonds is 19. The van der Waals surface area contributed by atoms with Crippen molar-refractivity contribution in [2.75, 3.05) is 11.4 Å². The van der Waals surface area contributed by atoms with Crippen LogP contribution in [0.4, 0.5) is 5.69 Å². The molecule has 2 heterocycles. The summed E-state index contributed by atoms with van der Waals surface area (Å²) in [5, 5.41) is 0. The Labute approximate surface area is 243 Å². The summed E-state index contributed by atoms with van der Waals surface area (Å²) in [4.78, 5) is 20.1. The molecule has 0 aliphatic carbocycles. The molecule has 4 nitrogen and oxygen atoms in total. The summed E-state index contributed by atoms with van der Waals surface area (Å²) in [6.45, 7) is 6.08. The number of hydrogen-bond donors (Lipinski definition) is 0. The predicted molar refractivity (Wildman–Crippen MR) is 170 cm³/mol. The van der Waals surface area contributed by atoms with Gasteiger partial charge in [-0.25, -0.2) is 4.98 Å². The molecule has 3 aromatic rings. The van der Waals surface area contributed by atoms with Crippen LogP contribution in [0.5, 0.6) is 0 Å². The van der Waals surface area contributed by atoms with Gasteiger partial charge >= 0.3 is 0 Å².